The van der Waals surface area contributed by atoms with Crippen LogP contribution in [0.3, 0.4) is 0 Å². The van der Waals surface area contributed by atoms with E-state index < -0.39 is 0 Å². The molecule has 0 aromatic heterocycles. The summed E-state index contributed by atoms with van der Waals surface area (Å²) in [5.41, 5.74) is 4.37. The molecule has 3 N–H and O–H groups in total. The highest BCUT2D eigenvalue weighted by Crippen LogP contribution is 2.20. The van der Waals surface area contributed by atoms with E-state index in [2.05, 4.69) is 11.3 Å². The first kappa shape index (κ1) is 12.7. The lowest BCUT2D eigenvalue weighted by molar-refractivity contribution is 0.500. The molecular formula is C13H17FN2. The van der Waals surface area contributed by atoms with Crippen LogP contribution in [0.25, 0.3) is 0 Å². The second-order valence-electron chi connectivity index (χ2n) is 3.82. The van der Waals surface area contributed by atoms with Crippen LogP contribution in [-0.2, 0) is 0 Å². The van der Waals surface area contributed by atoms with Crippen LogP contribution in [0, 0.1) is 25.1 Å². The number of nitrogens with one attached hydrogen (secondary N) is 1. The Balaban J connectivity index is 2.71. The van der Waals surface area contributed by atoms with Gasteiger partial charge >= 0.3 is 0 Å². The molecule has 0 aliphatic rings. The zero-order valence-corrected chi connectivity index (χ0v) is 9.46. The summed E-state index contributed by atoms with van der Waals surface area (Å²) >= 11 is 0. The van der Waals surface area contributed by atoms with Crippen LogP contribution in [0.2, 0.25) is 0 Å². The summed E-state index contributed by atoms with van der Waals surface area (Å²) in [6.45, 7) is 1.74. The van der Waals surface area contributed by atoms with Crippen molar-refractivity contribution in [2.45, 2.75) is 32.2 Å². The van der Waals surface area contributed by atoms with Gasteiger partial charge in [0.15, 0.2) is 0 Å². The third-order valence-corrected chi connectivity index (χ3v) is 2.60. The number of rotatable bonds is 5. The fraction of sp³-hybridized carbons (Fsp3) is 0.385. The van der Waals surface area contributed by atoms with E-state index in [1.54, 1.807) is 13.0 Å². The van der Waals surface area contributed by atoms with Gasteiger partial charge in [0.25, 0.3) is 0 Å². The lowest BCUT2D eigenvalue weighted by Crippen LogP contribution is -2.28. The Bertz CT molecular complexity index is 382. The largest absolute Gasteiger partial charge is 0.271 e. The lowest BCUT2D eigenvalue weighted by atomic mass is 10.00. The fourth-order valence-corrected chi connectivity index (χ4v) is 1.64. The summed E-state index contributed by atoms with van der Waals surface area (Å²) < 4.78 is 13.1. The summed E-state index contributed by atoms with van der Waals surface area (Å²) in [5.74, 6) is 7.88. The molecule has 1 rings (SSSR count). The highest BCUT2D eigenvalue weighted by Gasteiger charge is 2.10. The van der Waals surface area contributed by atoms with Crippen LogP contribution in [0.5, 0.6) is 0 Å². The smallest absolute Gasteiger partial charge is 0.126 e. The van der Waals surface area contributed by atoms with Crippen LogP contribution in [0.1, 0.15) is 36.4 Å². The topological polar surface area (TPSA) is 38.0 Å². The first-order chi connectivity index (χ1) is 7.69. The van der Waals surface area contributed by atoms with E-state index in [9.17, 15) is 4.39 Å². The van der Waals surface area contributed by atoms with E-state index in [0.717, 1.165) is 24.8 Å². The monoisotopic (exact) mass is 220 g/mol. The summed E-state index contributed by atoms with van der Waals surface area (Å²) in [6, 6.07) is 5.07. The van der Waals surface area contributed by atoms with Gasteiger partial charge in [0.05, 0.1) is 0 Å². The fourth-order valence-electron chi connectivity index (χ4n) is 1.64. The average Bonchev–Trinajstić information content (AvgIpc) is 2.29. The number of hydrogen-bond acceptors (Lipinski definition) is 2. The second kappa shape index (κ2) is 6.26. The minimum Gasteiger partial charge on any atom is -0.271 e. The number of aryl methyl sites for hydroxylation is 1. The summed E-state index contributed by atoms with van der Waals surface area (Å²) in [7, 11) is 0. The molecule has 0 aliphatic carbocycles. The molecule has 0 spiro atoms. The predicted octanol–water partition coefficient (Wildman–Crippen LogP) is 2.44. The van der Waals surface area contributed by atoms with Crippen molar-refractivity contribution >= 4 is 0 Å². The predicted molar refractivity (Wildman–Crippen MR) is 63.9 cm³/mol. The van der Waals surface area contributed by atoms with Crippen molar-refractivity contribution in [2.75, 3.05) is 0 Å². The number of halogens is 1. The van der Waals surface area contributed by atoms with Gasteiger partial charge in [0.2, 0.25) is 0 Å². The number of hydrogen-bond donors (Lipinski definition) is 2. The minimum absolute atomic E-state index is 0.0349. The summed E-state index contributed by atoms with van der Waals surface area (Å²) in [5, 5.41) is 0. The molecule has 0 radical (unpaired) electrons. The molecule has 0 saturated heterocycles. The maximum absolute atomic E-state index is 13.1. The van der Waals surface area contributed by atoms with Crippen LogP contribution in [0.15, 0.2) is 18.2 Å². The zero-order valence-electron chi connectivity index (χ0n) is 9.46. The van der Waals surface area contributed by atoms with Crippen molar-refractivity contribution in [1.82, 2.24) is 5.43 Å². The highest BCUT2D eigenvalue weighted by molar-refractivity contribution is 5.26. The van der Waals surface area contributed by atoms with Gasteiger partial charge in [-0.2, -0.15) is 0 Å². The Morgan fingerprint density at radius 3 is 2.88 bits per heavy atom. The van der Waals surface area contributed by atoms with E-state index in [-0.39, 0.29) is 11.9 Å². The lowest BCUT2D eigenvalue weighted by Gasteiger charge is -2.16. The van der Waals surface area contributed by atoms with Crippen molar-refractivity contribution < 1.29 is 4.39 Å². The molecule has 0 fully saturated rings. The molecule has 1 aromatic rings. The molecule has 0 aliphatic heterocycles. The van der Waals surface area contributed by atoms with Gasteiger partial charge in [0, 0.05) is 12.5 Å². The van der Waals surface area contributed by atoms with Crippen molar-refractivity contribution in [2.24, 2.45) is 5.84 Å². The molecule has 1 atom stereocenters. The van der Waals surface area contributed by atoms with Crippen LogP contribution in [-0.4, -0.2) is 0 Å². The van der Waals surface area contributed by atoms with Crippen molar-refractivity contribution in [1.29, 1.82) is 0 Å². The average molecular weight is 220 g/mol. The number of hydrazine groups is 1. The van der Waals surface area contributed by atoms with Gasteiger partial charge in [-0.3, -0.25) is 11.3 Å². The molecule has 0 amide bonds. The van der Waals surface area contributed by atoms with Crippen LogP contribution in [0.4, 0.5) is 4.39 Å². The molecule has 1 aromatic carbocycles. The molecule has 0 heterocycles. The standard InChI is InChI=1S/C13H17FN2/c1-3-4-5-6-13(16-15)11-7-8-12(14)10(2)9-11/h1,7-9,13,16H,4-6,15H2,2H3. The molecule has 1 unspecified atom stereocenters. The van der Waals surface area contributed by atoms with Gasteiger partial charge < -0.3 is 0 Å². The van der Waals surface area contributed by atoms with E-state index >= 15 is 0 Å². The van der Waals surface area contributed by atoms with Gasteiger partial charge in [-0.1, -0.05) is 12.1 Å². The van der Waals surface area contributed by atoms with Gasteiger partial charge in [0.1, 0.15) is 5.82 Å². The van der Waals surface area contributed by atoms with Gasteiger partial charge in [-0.05, 0) is 37.0 Å². The molecule has 2 nitrogen and oxygen atoms in total. The highest BCUT2D eigenvalue weighted by atomic mass is 19.1. The molecule has 86 valence electrons. The van der Waals surface area contributed by atoms with E-state index in [0.29, 0.717) is 5.56 Å². The van der Waals surface area contributed by atoms with E-state index in [1.165, 1.54) is 6.07 Å². The number of terminal acetylenes is 1. The first-order valence-corrected chi connectivity index (χ1v) is 5.34. The Hall–Kier alpha value is -1.37. The Labute approximate surface area is 96.0 Å². The quantitative estimate of drug-likeness (QED) is 0.346. The molecular weight excluding hydrogens is 203 g/mol. The maximum Gasteiger partial charge on any atom is 0.126 e. The summed E-state index contributed by atoms with van der Waals surface area (Å²) in [6.07, 6.45) is 7.68. The van der Waals surface area contributed by atoms with Gasteiger partial charge in [-0.25, -0.2) is 4.39 Å². The van der Waals surface area contributed by atoms with E-state index in [1.807, 2.05) is 6.07 Å². The third-order valence-electron chi connectivity index (χ3n) is 2.60. The minimum atomic E-state index is -0.192. The van der Waals surface area contributed by atoms with Crippen LogP contribution < -0.4 is 11.3 Å². The summed E-state index contributed by atoms with van der Waals surface area (Å²) in [4.78, 5) is 0. The number of benzene rings is 1. The van der Waals surface area contributed by atoms with Crippen LogP contribution >= 0.6 is 0 Å². The van der Waals surface area contributed by atoms with Crippen molar-refractivity contribution in [3.63, 3.8) is 0 Å². The molecule has 0 bridgehead atoms. The normalized spacial score (nSPS) is 12.1. The zero-order chi connectivity index (χ0) is 12.0. The molecule has 0 saturated carbocycles. The van der Waals surface area contributed by atoms with E-state index in [4.69, 9.17) is 12.3 Å². The Morgan fingerprint density at radius 2 is 2.31 bits per heavy atom. The van der Waals surface area contributed by atoms with Crippen molar-refractivity contribution in [3.8, 4) is 12.3 Å². The molecule has 3 heteroatoms. The Morgan fingerprint density at radius 1 is 1.56 bits per heavy atom. The SMILES string of the molecule is C#CCCCC(NN)c1ccc(F)c(C)c1. The first-order valence-electron chi connectivity index (χ1n) is 5.34. The van der Waals surface area contributed by atoms with Gasteiger partial charge in [-0.15, -0.1) is 12.3 Å². The maximum atomic E-state index is 13.1. The van der Waals surface area contributed by atoms with Crippen molar-refractivity contribution in [3.05, 3.63) is 35.1 Å². The second-order valence-corrected chi connectivity index (χ2v) is 3.82. The third kappa shape index (κ3) is 3.34. The number of unbranched alkanes of at least 4 members (excludes halogenated alkanes) is 1. The Kier molecular flexibility index (Phi) is 4.97. The number of nitrogens with two attached hydrogens (primary N) is 1. The molecule has 16 heavy (non-hydrogen) atoms.